The summed E-state index contributed by atoms with van der Waals surface area (Å²) in [5.41, 5.74) is 0. The van der Waals surface area contributed by atoms with Crippen LogP contribution in [0, 0.1) is 0 Å². The molecule has 0 spiro atoms. The normalized spacial score (nSPS) is 23.6. The molecule has 20 heavy (non-hydrogen) atoms. The van der Waals surface area contributed by atoms with E-state index in [-0.39, 0.29) is 21.1 Å². The van der Waals surface area contributed by atoms with E-state index in [2.05, 4.69) is 4.72 Å². The van der Waals surface area contributed by atoms with Gasteiger partial charge in [0.15, 0.2) is 0 Å². The molecule has 5 nitrogen and oxygen atoms in total. The van der Waals surface area contributed by atoms with Gasteiger partial charge in [-0.2, -0.15) is 11.8 Å². The third-order valence-corrected chi connectivity index (χ3v) is 7.16. The Morgan fingerprint density at radius 2 is 2.15 bits per heavy atom. The minimum absolute atomic E-state index is 0.120. The molecule has 1 saturated carbocycles. The summed E-state index contributed by atoms with van der Waals surface area (Å²) in [6, 6.07) is 1.23. The summed E-state index contributed by atoms with van der Waals surface area (Å²) in [7, 11) is -3.77. The highest BCUT2D eigenvalue weighted by atomic mass is 32.2. The first-order valence-corrected chi connectivity index (χ1v) is 9.96. The first kappa shape index (κ1) is 15.8. The van der Waals surface area contributed by atoms with Crippen molar-refractivity contribution in [3.05, 3.63) is 16.3 Å². The lowest BCUT2D eigenvalue weighted by Crippen LogP contribution is -2.43. The predicted octanol–water partition coefficient (Wildman–Crippen LogP) is 2.40. The van der Waals surface area contributed by atoms with E-state index in [1.165, 1.54) is 11.4 Å². The van der Waals surface area contributed by atoms with Gasteiger partial charge in [0, 0.05) is 11.3 Å². The van der Waals surface area contributed by atoms with Crippen LogP contribution >= 0.6 is 23.1 Å². The number of carboxylic acids is 1. The van der Waals surface area contributed by atoms with Crippen molar-refractivity contribution in [1.29, 1.82) is 0 Å². The maximum atomic E-state index is 12.4. The van der Waals surface area contributed by atoms with Crippen molar-refractivity contribution >= 4 is 39.1 Å². The molecule has 0 amide bonds. The van der Waals surface area contributed by atoms with Gasteiger partial charge in [-0.25, -0.2) is 17.9 Å². The van der Waals surface area contributed by atoms with Crippen molar-refractivity contribution < 1.29 is 18.3 Å². The quantitative estimate of drug-likeness (QED) is 0.863. The van der Waals surface area contributed by atoms with Gasteiger partial charge in [0.25, 0.3) is 0 Å². The molecule has 0 bridgehead atoms. The van der Waals surface area contributed by atoms with Crippen LogP contribution in [-0.2, 0) is 10.0 Å². The lowest BCUT2D eigenvalue weighted by Gasteiger charge is -2.30. The predicted molar refractivity (Wildman–Crippen MR) is 81.2 cm³/mol. The molecule has 2 unspecified atom stereocenters. The maximum Gasteiger partial charge on any atom is 0.347 e. The average molecular weight is 335 g/mol. The molecule has 1 heterocycles. The molecule has 112 valence electrons. The molecule has 0 saturated heterocycles. The number of nitrogens with one attached hydrogen (secondary N) is 1. The number of carboxylic acid groups (broad SMARTS) is 1. The van der Waals surface area contributed by atoms with Gasteiger partial charge < -0.3 is 5.11 Å². The van der Waals surface area contributed by atoms with E-state index in [4.69, 9.17) is 5.11 Å². The molecule has 0 radical (unpaired) electrons. The smallest absolute Gasteiger partial charge is 0.347 e. The SMILES string of the molecule is CSC1CCCCC1NS(=O)(=O)c1ccsc1C(=O)O. The van der Waals surface area contributed by atoms with Gasteiger partial charge in [0.05, 0.1) is 0 Å². The van der Waals surface area contributed by atoms with Crippen molar-refractivity contribution in [3.63, 3.8) is 0 Å². The first-order chi connectivity index (χ1) is 9.45. The van der Waals surface area contributed by atoms with E-state index >= 15 is 0 Å². The average Bonchev–Trinajstić information content (AvgIpc) is 2.89. The van der Waals surface area contributed by atoms with Gasteiger partial charge in [-0.3, -0.25) is 0 Å². The molecule has 1 fully saturated rings. The summed E-state index contributed by atoms with van der Waals surface area (Å²) in [6.45, 7) is 0. The number of hydrogen-bond donors (Lipinski definition) is 2. The molecule has 2 rings (SSSR count). The number of sulfonamides is 1. The Balaban J connectivity index is 2.22. The third kappa shape index (κ3) is 3.36. The summed E-state index contributed by atoms with van der Waals surface area (Å²) in [4.78, 5) is 10.8. The molecule has 0 aromatic carbocycles. The van der Waals surface area contributed by atoms with Crippen molar-refractivity contribution in [2.45, 2.75) is 41.9 Å². The highest BCUT2D eigenvalue weighted by molar-refractivity contribution is 7.99. The van der Waals surface area contributed by atoms with E-state index < -0.39 is 16.0 Å². The maximum absolute atomic E-state index is 12.4. The Morgan fingerprint density at radius 1 is 1.45 bits per heavy atom. The zero-order chi connectivity index (χ0) is 14.8. The summed E-state index contributed by atoms with van der Waals surface area (Å²) in [5.74, 6) is -1.20. The number of hydrogen-bond acceptors (Lipinski definition) is 5. The third-order valence-electron chi connectivity index (χ3n) is 3.42. The van der Waals surface area contributed by atoms with Crippen LogP contribution < -0.4 is 4.72 Å². The second-order valence-corrected chi connectivity index (χ2v) is 8.38. The van der Waals surface area contributed by atoms with Crippen LogP contribution in [0.1, 0.15) is 35.4 Å². The first-order valence-electron chi connectivity index (χ1n) is 6.31. The van der Waals surface area contributed by atoms with E-state index in [9.17, 15) is 13.2 Å². The molecular weight excluding hydrogens is 318 g/mol. The molecular formula is C12H17NO4S3. The van der Waals surface area contributed by atoms with Crippen LogP contribution in [-0.4, -0.2) is 37.0 Å². The fourth-order valence-electron chi connectivity index (χ4n) is 2.44. The minimum atomic E-state index is -3.77. The molecule has 1 aliphatic carbocycles. The minimum Gasteiger partial charge on any atom is -0.477 e. The summed E-state index contributed by atoms with van der Waals surface area (Å²) < 4.78 is 27.4. The van der Waals surface area contributed by atoms with Gasteiger partial charge in [-0.05, 0) is 30.5 Å². The molecule has 1 aromatic heterocycles. The van der Waals surface area contributed by atoms with E-state index in [1.807, 2.05) is 6.26 Å². The van der Waals surface area contributed by atoms with Crippen LogP contribution in [0.15, 0.2) is 16.3 Å². The fourth-order valence-corrected chi connectivity index (χ4v) is 6.03. The van der Waals surface area contributed by atoms with Crippen LogP contribution in [0.3, 0.4) is 0 Å². The Hall–Kier alpha value is -0.570. The summed E-state index contributed by atoms with van der Waals surface area (Å²) in [5, 5.41) is 10.8. The van der Waals surface area contributed by atoms with Gasteiger partial charge in [-0.1, -0.05) is 12.8 Å². The van der Waals surface area contributed by atoms with Crippen molar-refractivity contribution in [1.82, 2.24) is 4.72 Å². The van der Waals surface area contributed by atoms with Gasteiger partial charge in [-0.15, -0.1) is 11.3 Å². The standard InChI is InChI=1S/C12H17NO4S3/c1-18-9-5-3-2-4-8(9)13-20(16,17)10-6-7-19-11(10)12(14)15/h6-9,13H,2-5H2,1H3,(H,14,15). The lowest BCUT2D eigenvalue weighted by molar-refractivity contribution is 0.0698. The van der Waals surface area contributed by atoms with Crippen LogP contribution in [0.4, 0.5) is 0 Å². The summed E-state index contributed by atoms with van der Waals surface area (Å²) in [6.07, 6.45) is 5.88. The molecule has 2 N–H and O–H groups in total. The zero-order valence-corrected chi connectivity index (χ0v) is 13.5. The van der Waals surface area contributed by atoms with E-state index in [0.29, 0.717) is 0 Å². The monoisotopic (exact) mass is 335 g/mol. The number of rotatable bonds is 5. The molecule has 1 aliphatic rings. The Labute approximate surface area is 126 Å². The van der Waals surface area contributed by atoms with Gasteiger partial charge in [0.2, 0.25) is 10.0 Å². The highest BCUT2D eigenvalue weighted by Gasteiger charge is 2.31. The second kappa shape index (κ2) is 6.46. The number of thiophene rings is 1. The van der Waals surface area contributed by atoms with E-state index in [0.717, 1.165) is 37.0 Å². The Kier molecular flexibility index (Phi) is 5.11. The highest BCUT2D eigenvalue weighted by Crippen LogP contribution is 2.29. The number of thioether (sulfide) groups is 1. The van der Waals surface area contributed by atoms with Crippen LogP contribution in [0.2, 0.25) is 0 Å². The van der Waals surface area contributed by atoms with Gasteiger partial charge >= 0.3 is 5.97 Å². The molecule has 2 atom stereocenters. The molecule has 0 aliphatic heterocycles. The largest absolute Gasteiger partial charge is 0.477 e. The fraction of sp³-hybridized carbons (Fsp3) is 0.583. The van der Waals surface area contributed by atoms with Gasteiger partial charge in [0.1, 0.15) is 9.77 Å². The molecule has 8 heteroatoms. The number of aromatic carboxylic acids is 1. The van der Waals surface area contributed by atoms with E-state index in [1.54, 1.807) is 11.8 Å². The number of carbonyl (C=O) groups is 1. The zero-order valence-electron chi connectivity index (χ0n) is 11.0. The molecule has 1 aromatic rings. The van der Waals surface area contributed by atoms with Crippen molar-refractivity contribution in [2.24, 2.45) is 0 Å². The lowest BCUT2D eigenvalue weighted by atomic mass is 9.96. The second-order valence-electron chi connectivity index (χ2n) is 4.71. The Bertz CT molecular complexity index is 581. The summed E-state index contributed by atoms with van der Waals surface area (Å²) >= 11 is 2.59. The van der Waals surface area contributed by atoms with Crippen molar-refractivity contribution in [2.75, 3.05) is 6.26 Å². The van der Waals surface area contributed by atoms with Crippen LogP contribution in [0.25, 0.3) is 0 Å². The van der Waals surface area contributed by atoms with Crippen molar-refractivity contribution in [3.8, 4) is 0 Å². The van der Waals surface area contributed by atoms with Crippen LogP contribution in [0.5, 0.6) is 0 Å². The topological polar surface area (TPSA) is 83.5 Å². The Morgan fingerprint density at radius 3 is 2.80 bits per heavy atom.